The topological polar surface area (TPSA) is 37.8 Å². The van der Waals surface area contributed by atoms with Gasteiger partial charge in [-0.2, -0.15) is 0 Å². The van der Waals surface area contributed by atoms with E-state index in [0.29, 0.717) is 5.41 Å². The summed E-state index contributed by atoms with van der Waals surface area (Å²) in [5, 5.41) is 4.45. The highest BCUT2D eigenvalue weighted by Gasteiger charge is 2.31. The van der Waals surface area contributed by atoms with Gasteiger partial charge in [0.2, 0.25) is 5.95 Å². The lowest BCUT2D eigenvalue weighted by Gasteiger charge is -2.38. The Morgan fingerprint density at radius 2 is 2.12 bits per heavy atom. The van der Waals surface area contributed by atoms with E-state index in [1.807, 2.05) is 30.5 Å². The summed E-state index contributed by atoms with van der Waals surface area (Å²) in [5.41, 5.74) is 1.46. The van der Waals surface area contributed by atoms with Crippen LogP contribution in [-0.2, 0) is 0 Å². The van der Waals surface area contributed by atoms with Gasteiger partial charge in [-0.05, 0) is 24.3 Å². The first kappa shape index (κ1) is 10.5. The van der Waals surface area contributed by atoms with Crippen molar-refractivity contribution in [3.05, 3.63) is 30.5 Å². The Kier molecular flexibility index (Phi) is 2.46. The first-order valence-corrected chi connectivity index (χ1v) is 6.21. The zero-order chi connectivity index (χ0) is 11.7. The Labute approximate surface area is 101 Å². The van der Waals surface area contributed by atoms with Crippen molar-refractivity contribution in [2.75, 3.05) is 11.9 Å². The number of fused-ring (bicyclic) bond motifs is 1. The van der Waals surface area contributed by atoms with E-state index in [1.54, 1.807) is 0 Å². The smallest absolute Gasteiger partial charge is 0.223 e. The highest BCUT2D eigenvalue weighted by molar-refractivity contribution is 5.78. The number of nitrogens with zero attached hydrogens (tertiary/aromatic N) is 2. The number of benzene rings is 1. The summed E-state index contributed by atoms with van der Waals surface area (Å²) in [5.74, 6) is 0.747. The second kappa shape index (κ2) is 3.99. The molecule has 1 aromatic heterocycles. The molecule has 3 nitrogen and oxygen atoms in total. The molecule has 0 atom stereocenters. The molecule has 3 rings (SSSR count). The lowest BCUT2D eigenvalue weighted by Crippen LogP contribution is -2.33. The average Bonchev–Trinajstić information content (AvgIpc) is 2.34. The molecule has 0 radical (unpaired) electrons. The molecule has 0 aliphatic heterocycles. The Morgan fingerprint density at radius 1 is 1.29 bits per heavy atom. The number of rotatable bonds is 3. The monoisotopic (exact) mass is 227 g/mol. The average molecular weight is 227 g/mol. The second-order valence-electron chi connectivity index (χ2n) is 5.27. The van der Waals surface area contributed by atoms with Gasteiger partial charge in [-0.15, -0.1) is 0 Å². The van der Waals surface area contributed by atoms with Crippen molar-refractivity contribution in [2.24, 2.45) is 5.41 Å². The summed E-state index contributed by atoms with van der Waals surface area (Å²) in [6.07, 6.45) is 5.87. The van der Waals surface area contributed by atoms with Gasteiger partial charge in [0, 0.05) is 18.1 Å². The van der Waals surface area contributed by atoms with Gasteiger partial charge in [0.15, 0.2) is 0 Å². The molecule has 1 N–H and O–H groups in total. The number of aromatic nitrogens is 2. The lowest BCUT2D eigenvalue weighted by molar-refractivity contribution is 0.179. The molecule has 0 unspecified atom stereocenters. The molecule has 1 aliphatic rings. The summed E-state index contributed by atoms with van der Waals surface area (Å²) in [6.45, 7) is 3.30. The van der Waals surface area contributed by atoms with Gasteiger partial charge in [0.25, 0.3) is 0 Å². The number of nitrogens with one attached hydrogen (secondary N) is 1. The minimum atomic E-state index is 0.453. The van der Waals surface area contributed by atoms with Crippen molar-refractivity contribution in [1.29, 1.82) is 0 Å². The number of para-hydroxylation sites is 1. The zero-order valence-electron chi connectivity index (χ0n) is 10.1. The Hall–Kier alpha value is -1.64. The predicted molar refractivity (Wildman–Crippen MR) is 70.0 cm³/mol. The minimum absolute atomic E-state index is 0.453. The molecule has 1 saturated carbocycles. The van der Waals surface area contributed by atoms with E-state index in [4.69, 9.17) is 0 Å². The third-order valence-electron chi connectivity index (χ3n) is 3.72. The maximum Gasteiger partial charge on any atom is 0.223 e. The van der Waals surface area contributed by atoms with E-state index in [0.717, 1.165) is 23.4 Å². The molecular weight excluding hydrogens is 210 g/mol. The Balaban J connectivity index is 1.76. The summed E-state index contributed by atoms with van der Waals surface area (Å²) < 4.78 is 0. The van der Waals surface area contributed by atoms with Crippen molar-refractivity contribution in [3.63, 3.8) is 0 Å². The first-order chi connectivity index (χ1) is 8.25. The van der Waals surface area contributed by atoms with Crippen LogP contribution in [0.3, 0.4) is 0 Å². The van der Waals surface area contributed by atoms with Crippen molar-refractivity contribution >= 4 is 16.9 Å². The molecule has 17 heavy (non-hydrogen) atoms. The normalized spacial score (nSPS) is 17.7. The van der Waals surface area contributed by atoms with E-state index in [9.17, 15) is 0 Å². The molecule has 0 saturated heterocycles. The first-order valence-electron chi connectivity index (χ1n) is 6.21. The van der Waals surface area contributed by atoms with Crippen LogP contribution in [0, 0.1) is 5.41 Å². The molecule has 0 spiro atoms. The Morgan fingerprint density at radius 3 is 2.88 bits per heavy atom. The predicted octanol–water partition coefficient (Wildman–Crippen LogP) is 3.23. The molecule has 3 heteroatoms. The van der Waals surface area contributed by atoms with Gasteiger partial charge in [-0.25, -0.2) is 9.97 Å². The van der Waals surface area contributed by atoms with E-state index in [2.05, 4.69) is 22.2 Å². The van der Waals surface area contributed by atoms with Crippen molar-refractivity contribution < 1.29 is 0 Å². The van der Waals surface area contributed by atoms with Crippen LogP contribution in [-0.4, -0.2) is 16.5 Å². The molecule has 2 aromatic rings. The zero-order valence-corrected chi connectivity index (χ0v) is 10.1. The second-order valence-corrected chi connectivity index (χ2v) is 5.27. The standard InChI is InChI=1S/C14H17N3/c1-14(7-4-8-14)10-16-13-15-9-11-5-2-3-6-12(11)17-13/h2-3,5-6,9H,4,7-8,10H2,1H3,(H,15,16,17). The van der Waals surface area contributed by atoms with Gasteiger partial charge < -0.3 is 5.32 Å². The van der Waals surface area contributed by atoms with Gasteiger partial charge in [-0.3, -0.25) is 0 Å². The van der Waals surface area contributed by atoms with E-state index < -0.39 is 0 Å². The van der Waals surface area contributed by atoms with Crippen LogP contribution in [0.2, 0.25) is 0 Å². The summed E-state index contributed by atoms with van der Waals surface area (Å²) in [4.78, 5) is 8.86. The third kappa shape index (κ3) is 2.09. The van der Waals surface area contributed by atoms with E-state index >= 15 is 0 Å². The molecule has 1 heterocycles. The van der Waals surface area contributed by atoms with Crippen LogP contribution in [0.15, 0.2) is 30.5 Å². The fourth-order valence-corrected chi connectivity index (χ4v) is 2.31. The van der Waals surface area contributed by atoms with Gasteiger partial charge in [0.1, 0.15) is 0 Å². The molecular formula is C14H17N3. The van der Waals surface area contributed by atoms with Crippen molar-refractivity contribution in [3.8, 4) is 0 Å². The maximum atomic E-state index is 4.51. The number of hydrogen-bond acceptors (Lipinski definition) is 3. The highest BCUT2D eigenvalue weighted by atomic mass is 15.1. The molecule has 0 bridgehead atoms. The molecule has 0 amide bonds. The van der Waals surface area contributed by atoms with Crippen molar-refractivity contribution in [2.45, 2.75) is 26.2 Å². The van der Waals surface area contributed by atoms with E-state index in [-0.39, 0.29) is 0 Å². The highest BCUT2D eigenvalue weighted by Crippen LogP contribution is 2.39. The van der Waals surface area contributed by atoms with Crippen molar-refractivity contribution in [1.82, 2.24) is 9.97 Å². The van der Waals surface area contributed by atoms with Crippen LogP contribution < -0.4 is 5.32 Å². The van der Waals surface area contributed by atoms with E-state index in [1.165, 1.54) is 19.3 Å². The molecule has 88 valence electrons. The minimum Gasteiger partial charge on any atom is -0.354 e. The number of hydrogen-bond donors (Lipinski definition) is 1. The molecule has 1 fully saturated rings. The summed E-state index contributed by atoms with van der Waals surface area (Å²) in [7, 11) is 0. The van der Waals surface area contributed by atoms with Gasteiger partial charge in [0.05, 0.1) is 5.52 Å². The maximum absolute atomic E-state index is 4.51. The summed E-state index contributed by atoms with van der Waals surface area (Å²) >= 11 is 0. The van der Waals surface area contributed by atoms with Crippen LogP contribution in [0.4, 0.5) is 5.95 Å². The summed E-state index contributed by atoms with van der Waals surface area (Å²) in [6, 6.07) is 8.07. The lowest BCUT2D eigenvalue weighted by atomic mass is 9.70. The quantitative estimate of drug-likeness (QED) is 0.874. The fourth-order valence-electron chi connectivity index (χ4n) is 2.31. The Bertz CT molecular complexity index is 532. The largest absolute Gasteiger partial charge is 0.354 e. The third-order valence-corrected chi connectivity index (χ3v) is 3.72. The number of anilines is 1. The van der Waals surface area contributed by atoms with Crippen LogP contribution >= 0.6 is 0 Å². The van der Waals surface area contributed by atoms with Gasteiger partial charge in [-0.1, -0.05) is 31.5 Å². The van der Waals surface area contributed by atoms with Crippen LogP contribution in [0.1, 0.15) is 26.2 Å². The molecule has 1 aromatic carbocycles. The fraction of sp³-hybridized carbons (Fsp3) is 0.429. The van der Waals surface area contributed by atoms with Crippen LogP contribution in [0.5, 0.6) is 0 Å². The van der Waals surface area contributed by atoms with Crippen LogP contribution in [0.25, 0.3) is 10.9 Å². The molecule has 1 aliphatic carbocycles. The van der Waals surface area contributed by atoms with Gasteiger partial charge >= 0.3 is 0 Å². The SMILES string of the molecule is CC1(CNc2ncc3ccccc3n2)CCC1.